The molecular weight excluding hydrogens is 388 g/mol. The molecule has 2 unspecified atom stereocenters. The summed E-state index contributed by atoms with van der Waals surface area (Å²) in [5.74, 6) is 0.380. The molecule has 2 rings (SSSR count). The number of esters is 2. The number of ether oxygens (including phenoxy) is 2. The Hall–Kier alpha value is -1.68. The maximum absolute atomic E-state index is 11.0. The molecule has 2 aliphatic rings. The van der Waals surface area contributed by atoms with Crippen molar-refractivity contribution in [2.45, 2.75) is 32.1 Å². The van der Waals surface area contributed by atoms with Crippen molar-refractivity contribution in [3.05, 3.63) is 0 Å². The quantitative estimate of drug-likeness (QED) is 0.225. The van der Waals surface area contributed by atoms with Gasteiger partial charge >= 0.3 is 11.9 Å². The van der Waals surface area contributed by atoms with Crippen molar-refractivity contribution in [1.29, 1.82) is 0 Å². The van der Waals surface area contributed by atoms with E-state index in [0.717, 1.165) is 45.4 Å². The normalized spacial score (nSPS) is 21.3. The number of rotatable bonds is 10. The fourth-order valence-corrected chi connectivity index (χ4v) is 3.30. The Morgan fingerprint density at radius 3 is 1.56 bits per heavy atom. The van der Waals surface area contributed by atoms with Crippen LogP contribution >= 0.6 is 24.4 Å². The summed E-state index contributed by atoms with van der Waals surface area (Å²) in [7, 11) is 0. The van der Waals surface area contributed by atoms with Crippen LogP contribution in [0.25, 0.3) is 0 Å². The molecule has 0 bridgehead atoms. The summed E-state index contributed by atoms with van der Waals surface area (Å²) in [6, 6.07) is 0. The lowest BCUT2D eigenvalue weighted by Gasteiger charge is -2.13. The zero-order valence-corrected chi connectivity index (χ0v) is 17.0. The van der Waals surface area contributed by atoms with Gasteiger partial charge in [0.25, 0.3) is 0 Å². The predicted octanol–water partition coefficient (Wildman–Crippen LogP) is 0.211. The fraction of sp³-hybridized carbons (Fsp3) is 0.765. The monoisotopic (exact) mass is 416 g/mol. The molecule has 0 aromatic heterocycles. The molecule has 0 aliphatic carbocycles. The molecule has 0 aromatic carbocycles. The van der Waals surface area contributed by atoms with Gasteiger partial charge in [-0.15, -0.1) is 0 Å². The topological polar surface area (TPSA) is 101 Å². The van der Waals surface area contributed by atoms with E-state index in [1.807, 2.05) is 0 Å². The Balaban J connectivity index is 1.37. The summed E-state index contributed by atoms with van der Waals surface area (Å²) >= 11 is 10.4. The van der Waals surface area contributed by atoms with E-state index in [9.17, 15) is 9.59 Å². The Bertz CT molecular complexity index is 501. The average molecular weight is 417 g/mol. The van der Waals surface area contributed by atoms with Crippen molar-refractivity contribution < 1.29 is 19.1 Å². The molecule has 0 spiro atoms. The highest BCUT2D eigenvalue weighted by molar-refractivity contribution is 7.80. The summed E-state index contributed by atoms with van der Waals surface area (Å²) < 4.78 is 9.86. The molecule has 0 amide bonds. The molecule has 0 aromatic rings. The standard InChI is InChI=1S/C17H28N4O4S2/c22-14-8-12(10-24-14)2-6-20-16(26)18-4-1-5-19-17(27)21-7-3-13-9-15(23)25-11-13/h12-13H,1-11H2,(H2,18,20,26)(H2,19,21,27). The zero-order valence-electron chi connectivity index (χ0n) is 15.4. The van der Waals surface area contributed by atoms with Gasteiger partial charge in [-0.25, -0.2) is 0 Å². The van der Waals surface area contributed by atoms with E-state index in [1.54, 1.807) is 0 Å². The van der Waals surface area contributed by atoms with Gasteiger partial charge in [0.15, 0.2) is 10.2 Å². The van der Waals surface area contributed by atoms with Gasteiger partial charge in [-0.3, -0.25) is 9.59 Å². The zero-order chi connectivity index (χ0) is 19.5. The minimum atomic E-state index is -0.108. The van der Waals surface area contributed by atoms with E-state index in [2.05, 4.69) is 21.3 Å². The average Bonchev–Trinajstić information content (AvgIpc) is 3.23. The molecule has 0 radical (unpaired) electrons. The molecule has 0 saturated carbocycles. The molecule has 10 heteroatoms. The van der Waals surface area contributed by atoms with E-state index in [1.165, 1.54) is 0 Å². The van der Waals surface area contributed by atoms with Crippen LogP contribution in [-0.2, 0) is 19.1 Å². The first-order valence-corrected chi connectivity index (χ1v) is 10.2. The first-order chi connectivity index (χ1) is 13.0. The highest BCUT2D eigenvalue weighted by Crippen LogP contribution is 2.17. The second kappa shape index (κ2) is 11.9. The highest BCUT2D eigenvalue weighted by atomic mass is 32.1. The summed E-state index contributed by atoms with van der Waals surface area (Å²) in [6.07, 6.45) is 3.63. The molecule has 2 fully saturated rings. The van der Waals surface area contributed by atoms with Crippen molar-refractivity contribution in [2.24, 2.45) is 11.8 Å². The number of carbonyl (C=O) groups excluding carboxylic acids is 2. The maximum atomic E-state index is 11.0. The predicted molar refractivity (Wildman–Crippen MR) is 109 cm³/mol. The van der Waals surface area contributed by atoms with E-state index in [0.29, 0.717) is 48.1 Å². The number of cyclic esters (lactones) is 2. The third-order valence-corrected chi connectivity index (χ3v) is 5.05. The van der Waals surface area contributed by atoms with Crippen LogP contribution in [0.3, 0.4) is 0 Å². The van der Waals surface area contributed by atoms with Crippen LogP contribution in [0.4, 0.5) is 0 Å². The lowest BCUT2D eigenvalue weighted by atomic mass is 10.1. The van der Waals surface area contributed by atoms with Crippen molar-refractivity contribution in [2.75, 3.05) is 39.4 Å². The van der Waals surface area contributed by atoms with Gasteiger partial charge in [0, 0.05) is 38.0 Å². The molecule has 8 nitrogen and oxygen atoms in total. The van der Waals surface area contributed by atoms with Gasteiger partial charge in [-0.2, -0.15) is 0 Å². The Labute approximate surface area is 170 Å². The summed E-state index contributed by atoms with van der Waals surface area (Å²) in [4.78, 5) is 22.0. The molecule has 152 valence electrons. The van der Waals surface area contributed by atoms with Crippen LogP contribution in [0.2, 0.25) is 0 Å². The molecule has 4 N–H and O–H groups in total. The lowest BCUT2D eigenvalue weighted by Crippen LogP contribution is -2.39. The molecule has 2 aliphatic heterocycles. The molecular formula is C17H28N4O4S2. The van der Waals surface area contributed by atoms with E-state index in [4.69, 9.17) is 33.9 Å². The van der Waals surface area contributed by atoms with Gasteiger partial charge in [-0.05, 0) is 43.7 Å². The number of hydrogen-bond donors (Lipinski definition) is 4. The summed E-state index contributed by atoms with van der Waals surface area (Å²) in [5, 5.41) is 13.8. The van der Waals surface area contributed by atoms with Gasteiger partial charge in [0.05, 0.1) is 26.1 Å². The van der Waals surface area contributed by atoms with Gasteiger partial charge in [0.1, 0.15) is 0 Å². The number of hydrogen-bond acceptors (Lipinski definition) is 6. The molecule has 2 atom stereocenters. The third kappa shape index (κ3) is 9.18. The Morgan fingerprint density at radius 2 is 1.19 bits per heavy atom. The second-order valence-corrected chi connectivity index (χ2v) is 7.62. The highest BCUT2D eigenvalue weighted by Gasteiger charge is 2.23. The lowest BCUT2D eigenvalue weighted by molar-refractivity contribution is -0.138. The molecule has 27 heavy (non-hydrogen) atoms. The number of carbonyl (C=O) groups is 2. The van der Waals surface area contributed by atoms with E-state index >= 15 is 0 Å². The van der Waals surface area contributed by atoms with Crippen LogP contribution < -0.4 is 21.3 Å². The minimum Gasteiger partial charge on any atom is -0.465 e. The van der Waals surface area contributed by atoms with Gasteiger partial charge < -0.3 is 30.7 Å². The smallest absolute Gasteiger partial charge is 0.306 e. The minimum absolute atomic E-state index is 0.108. The SMILES string of the molecule is O=C1CC(CCNC(=S)NCCCNC(=S)NCCC2COC(=O)C2)CO1. The van der Waals surface area contributed by atoms with Gasteiger partial charge in [-0.1, -0.05) is 0 Å². The van der Waals surface area contributed by atoms with Gasteiger partial charge in [0.2, 0.25) is 0 Å². The second-order valence-electron chi connectivity index (χ2n) is 6.80. The van der Waals surface area contributed by atoms with Crippen LogP contribution in [0.1, 0.15) is 32.1 Å². The molecule has 2 heterocycles. The molecule has 2 saturated heterocycles. The van der Waals surface area contributed by atoms with E-state index < -0.39 is 0 Å². The van der Waals surface area contributed by atoms with Crippen molar-refractivity contribution in [3.8, 4) is 0 Å². The maximum Gasteiger partial charge on any atom is 0.306 e. The van der Waals surface area contributed by atoms with Crippen LogP contribution in [0, 0.1) is 11.8 Å². The van der Waals surface area contributed by atoms with Crippen molar-refractivity contribution in [3.63, 3.8) is 0 Å². The van der Waals surface area contributed by atoms with Crippen LogP contribution in [-0.4, -0.2) is 61.6 Å². The van der Waals surface area contributed by atoms with Crippen molar-refractivity contribution in [1.82, 2.24) is 21.3 Å². The van der Waals surface area contributed by atoms with Crippen LogP contribution in [0.5, 0.6) is 0 Å². The largest absolute Gasteiger partial charge is 0.465 e. The first-order valence-electron chi connectivity index (χ1n) is 9.37. The fourth-order valence-electron chi connectivity index (χ4n) is 2.90. The van der Waals surface area contributed by atoms with Crippen LogP contribution in [0.15, 0.2) is 0 Å². The first kappa shape index (κ1) is 21.6. The Morgan fingerprint density at radius 1 is 0.778 bits per heavy atom. The number of nitrogens with one attached hydrogen (secondary N) is 4. The summed E-state index contributed by atoms with van der Waals surface area (Å²) in [6.45, 7) is 4.00. The summed E-state index contributed by atoms with van der Waals surface area (Å²) in [5.41, 5.74) is 0. The van der Waals surface area contributed by atoms with Crippen molar-refractivity contribution >= 4 is 46.6 Å². The Kier molecular flexibility index (Phi) is 9.54. The number of thiocarbonyl (C=S) groups is 2. The third-order valence-electron chi connectivity index (χ3n) is 4.47. The van der Waals surface area contributed by atoms with E-state index in [-0.39, 0.29) is 11.9 Å².